The molecular weight excluding hydrogens is 387 g/mol. The molecule has 0 atom stereocenters. The van der Waals surface area contributed by atoms with Crippen LogP contribution in [0.4, 0.5) is 11.4 Å². The van der Waals surface area contributed by atoms with Gasteiger partial charge in [0.05, 0.1) is 20.9 Å². The lowest BCUT2D eigenvalue weighted by molar-refractivity contribution is 0.601. The first-order valence-corrected chi connectivity index (χ1v) is 8.36. The third kappa shape index (κ3) is 3.20. The summed E-state index contributed by atoms with van der Waals surface area (Å²) in [5.74, 6) is 0. The Morgan fingerprint density at radius 3 is 2.50 bits per heavy atom. The maximum atomic E-state index is 12.3. The normalized spacial score (nSPS) is 11.3. The van der Waals surface area contributed by atoms with Crippen molar-refractivity contribution in [1.29, 1.82) is 0 Å². The van der Waals surface area contributed by atoms with Gasteiger partial charge >= 0.3 is 0 Å². The van der Waals surface area contributed by atoms with Crippen LogP contribution in [0.2, 0.25) is 10.0 Å². The van der Waals surface area contributed by atoms with Crippen LogP contribution in [0.1, 0.15) is 0 Å². The minimum atomic E-state index is -3.82. The van der Waals surface area contributed by atoms with Crippen molar-refractivity contribution in [3.63, 3.8) is 0 Å². The molecule has 2 rings (SSSR count). The molecule has 0 saturated carbocycles. The van der Waals surface area contributed by atoms with Crippen LogP contribution in [0.15, 0.2) is 45.8 Å². The number of benzene rings is 2. The van der Waals surface area contributed by atoms with E-state index in [9.17, 15) is 8.42 Å². The fourth-order valence-corrected chi connectivity index (χ4v) is 3.58. The quantitative estimate of drug-likeness (QED) is 0.767. The summed E-state index contributed by atoms with van der Waals surface area (Å²) in [6.45, 7) is 0. The van der Waals surface area contributed by atoms with Gasteiger partial charge in [0.25, 0.3) is 10.0 Å². The van der Waals surface area contributed by atoms with Crippen LogP contribution in [0.5, 0.6) is 0 Å². The molecule has 0 radical (unpaired) electrons. The van der Waals surface area contributed by atoms with E-state index in [1.165, 1.54) is 18.2 Å². The van der Waals surface area contributed by atoms with Crippen LogP contribution in [0, 0.1) is 0 Å². The average Bonchev–Trinajstić information content (AvgIpc) is 2.34. The number of halogens is 3. The Kier molecular flexibility index (Phi) is 4.49. The van der Waals surface area contributed by atoms with E-state index in [0.29, 0.717) is 20.2 Å². The molecule has 4 nitrogen and oxygen atoms in total. The first-order valence-electron chi connectivity index (χ1n) is 5.33. The third-order valence-corrected chi connectivity index (χ3v) is 5.53. The fraction of sp³-hybridized carbons (Fsp3) is 0. The molecule has 0 bridgehead atoms. The van der Waals surface area contributed by atoms with Crippen LogP contribution >= 0.6 is 39.1 Å². The number of hydrogen-bond donors (Lipinski definition) is 2. The van der Waals surface area contributed by atoms with Gasteiger partial charge in [-0.15, -0.1) is 0 Å². The van der Waals surface area contributed by atoms with Gasteiger partial charge in [0.15, 0.2) is 0 Å². The second-order valence-corrected chi connectivity index (χ2v) is 7.18. The summed E-state index contributed by atoms with van der Waals surface area (Å²) in [7, 11) is -3.82. The SMILES string of the molecule is Nc1cc(Cl)ccc1S(=O)(=O)Nc1cccc(Cl)c1Br. The summed E-state index contributed by atoms with van der Waals surface area (Å²) in [5.41, 5.74) is 6.09. The Morgan fingerprint density at radius 1 is 1.15 bits per heavy atom. The molecule has 2 aromatic rings. The summed E-state index contributed by atoms with van der Waals surface area (Å²) < 4.78 is 27.5. The van der Waals surface area contributed by atoms with Crippen LogP contribution in [-0.4, -0.2) is 8.42 Å². The second kappa shape index (κ2) is 5.81. The van der Waals surface area contributed by atoms with Crippen LogP contribution in [-0.2, 0) is 10.0 Å². The molecule has 2 aromatic carbocycles. The van der Waals surface area contributed by atoms with Crippen molar-refractivity contribution in [2.75, 3.05) is 10.5 Å². The van der Waals surface area contributed by atoms with E-state index in [0.717, 1.165) is 0 Å². The minimum Gasteiger partial charge on any atom is -0.398 e. The summed E-state index contributed by atoms with van der Waals surface area (Å²) in [6, 6.07) is 9.04. The summed E-state index contributed by atoms with van der Waals surface area (Å²) in [6.07, 6.45) is 0. The zero-order valence-corrected chi connectivity index (χ0v) is 13.8. The van der Waals surface area contributed by atoms with Gasteiger partial charge in [-0.25, -0.2) is 8.42 Å². The lowest BCUT2D eigenvalue weighted by Gasteiger charge is -2.12. The van der Waals surface area contributed by atoms with E-state index < -0.39 is 10.0 Å². The van der Waals surface area contributed by atoms with Gasteiger partial charge in [-0.2, -0.15) is 0 Å². The topological polar surface area (TPSA) is 72.2 Å². The van der Waals surface area contributed by atoms with Gasteiger partial charge < -0.3 is 5.73 Å². The molecule has 0 aliphatic heterocycles. The van der Waals surface area contributed by atoms with Crippen molar-refractivity contribution >= 4 is 60.5 Å². The summed E-state index contributed by atoms with van der Waals surface area (Å²) in [5, 5.41) is 0.764. The number of rotatable bonds is 3. The summed E-state index contributed by atoms with van der Waals surface area (Å²) >= 11 is 14.9. The van der Waals surface area contributed by atoms with Gasteiger partial charge in [0, 0.05) is 5.02 Å². The van der Waals surface area contributed by atoms with E-state index in [-0.39, 0.29) is 10.6 Å². The fourth-order valence-electron chi connectivity index (χ4n) is 1.55. The van der Waals surface area contributed by atoms with E-state index in [1.54, 1.807) is 18.2 Å². The second-order valence-electron chi connectivity index (χ2n) is 3.89. The lowest BCUT2D eigenvalue weighted by atomic mass is 10.3. The largest absolute Gasteiger partial charge is 0.398 e. The van der Waals surface area contributed by atoms with E-state index in [2.05, 4.69) is 20.7 Å². The first-order chi connectivity index (χ1) is 9.31. The molecule has 106 valence electrons. The Bertz CT molecular complexity index is 766. The monoisotopic (exact) mass is 394 g/mol. The predicted molar refractivity (Wildman–Crippen MR) is 85.8 cm³/mol. The van der Waals surface area contributed by atoms with E-state index in [4.69, 9.17) is 28.9 Å². The molecule has 0 aliphatic carbocycles. The molecule has 0 aliphatic rings. The molecule has 0 fully saturated rings. The lowest BCUT2D eigenvalue weighted by Crippen LogP contribution is -2.15. The number of anilines is 2. The molecule has 0 heterocycles. The molecule has 0 saturated heterocycles. The smallest absolute Gasteiger partial charge is 0.263 e. The minimum absolute atomic E-state index is 0.0474. The van der Waals surface area contributed by atoms with Crippen molar-refractivity contribution in [2.24, 2.45) is 0 Å². The maximum absolute atomic E-state index is 12.3. The number of nitrogens with one attached hydrogen (secondary N) is 1. The van der Waals surface area contributed by atoms with Crippen molar-refractivity contribution in [2.45, 2.75) is 4.90 Å². The highest BCUT2D eigenvalue weighted by Gasteiger charge is 2.19. The zero-order chi connectivity index (χ0) is 14.9. The van der Waals surface area contributed by atoms with Crippen molar-refractivity contribution in [1.82, 2.24) is 0 Å². The standard InChI is InChI=1S/C12H9BrCl2N2O2S/c13-12-8(15)2-1-3-10(12)17-20(18,19)11-5-4-7(14)6-9(11)16/h1-6,17H,16H2. The highest BCUT2D eigenvalue weighted by Crippen LogP contribution is 2.32. The Labute approximate surface area is 135 Å². The molecular formula is C12H9BrCl2N2O2S. The van der Waals surface area contributed by atoms with Gasteiger partial charge in [0.2, 0.25) is 0 Å². The number of nitrogens with two attached hydrogens (primary N) is 1. The van der Waals surface area contributed by atoms with Gasteiger partial charge in [-0.1, -0.05) is 29.3 Å². The predicted octanol–water partition coefficient (Wildman–Crippen LogP) is 4.14. The van der Waals surface area contributed by atoms with Crippen molar-refractivity contribution < 1.29 is 8.42 Å². The number of hydrogen-bond acceptors (Lipinski definition) is 3. The maximum Gasteiger partial charge on any atom is 0.263 e. The zero-order valence-electron chi connectivity index (χ0n) is 9.90. The van der Waals surface area contributed by atoms with E-state index >= 15 is 0 Å². The van der Waals surface area contributed by atoms with Crippen molar-refractivity contribution in [3.8, 4) is 0 Å². The number of nitrogen functional groups attached to an aromatic ring is 1. The highest BCUT2D eigenvalue weighted by molar-refractivity contribution is 9.10. The molecule has 0 unspecified atom stereocenters. The molecule has 8 heteroatoms. The molecule has 20 heavy (non-hydrogen) atoms. The number of sulfonamides is 1. The first kappa shape index (κ1) is 15.4. The highest BCUT2D eigenvalue weighted by atomic mass is 79.9. The van der Waals surface area contributed by atoms with Crippen LogP contribution in [0.3, 0.4) is 0 Å². The molecule has 0 spiro atoms. The van der Waals surface area contributed by atoms with Crippen molar-refractivity contribution in [3.05, 3.63) is 50.9 Å². The summed E-state index contributed by atoms with van der Waals surface area (Å²) in [4.78, 5) is -0.0474. The average molecular weight is 396 g/mol. The van der Waals surface area contributed by atoms with Gasteiger partial charge in [0.1, 0.15) is 4.90 Å². The molecule has 3 N–H and O–H groups in total. The van der Waals surface area contributed by atoms with Crippen LogP contribution in [0.25, 0.3) is 0 Å². The van der Waals surface area contributed by atoms with Gasteiger partial charge in [-0.3, -0.25) is 4.72 Å². The molecule has 0 aromatic heterocycles. The van der Waals surface area contributed by atoms with Gasteiger partial charge in [-0.05, 0) is 46.3 Å². The Morgan fingerprint density at radius 2 is 1.85 bits per heavy atom. The Balaban J connectivity index is 2.44. The van der Waals surface area contributed by atoms with Crippen LogP contribution < -0.4 is 10.5 Å². The Hall–Kier alpha value is -0.950. The molecule has 0 amide bonds. The van der Waals surface area contributed by atoms with E-state index in [1.807, 2.05) is 0 Å². The third-order valence-electron chi connectivity index (χ3n) is 2.46.